The highest BCUT2D eigenvalue weighted by molar-refractivity contribution is 9.10. The summed E-state index contributed by atoms with van der Waals surface area (Å²) in [6.45, 7) is 0.934. The molecule has 1 aliphatic carbocycles. The maximum Gasteiger partial charge on any atom is 0.405 e. The lowest BCUT2D eigenvalue weighted by atomic mass is 10.1. The number of halogens is 4. The molecule has 6 heteroatoms. The van der Waals surface area contributed by atoms with Crippen molar-refractivity contribution in [1.82, 2.24) is 0 Å². The number of nitrogens with zero attached hydrogens (tertiary/aromatic N) is 1. The molecule has 0 spiro atoms. The van der Waals surface area contributed by atoms with Crippen LogP contribution in [0.25, 0.3) is 0 Å². The van der Waals surface area contributed by atoms with E-state index < -0.39 is 12.7 Å². The molecule has 0 saturated heterocycles. The largest absolute Gasteiger partial charge is 0.405 e. The van der Waals surface area contributed by atoms with Gasteiger partial charge in [0.2, 0.25) is 0 Å². The minimum absolute atomic E-state index is 0.000856. The van der Waals surface area contributed by atoms with Gasteiger partial charge in [-0.15, -0.1) is 0 Å². The number of hydrogen-bond acceptors (Lipinski definition) is 2. The quantitative estimate of drug-likeness (QED) is 0.900. The molecule has 1 aromatic carbocycles. The van der Waals surface area contributed by atoms with Gasteiger partial charge in [0.15, 0.2) is 0 Å². The molecular weight excluding hydrogens is 321 g/mol. The smallest absolute Gasteiger partial charge is 0.359 e. The Kier molecular flexibility index (Phi) is 4.11. The number of anilines is 1. The van der Waals surface area contributed by atoms with Crippen molar-refractivity contribution in [2.45, 2.75) is 38.0 Å². The molecule has 106 valence electrons. The average Bonchev–Trinajstić information content (AvgIpc) is 3.08. The molecular formula is C13H16BrF3N2. The first-order valence-electron chi connectivity index (χ1n) is 6.16. The molecule has 1 atom stereocenters. The van der Waals surface area contributed by atoms with Gasteiger partial charge in [-0.3, -0.25) is 0 Å². The maximum atomic E-state index is 12.6. The van der Waals surface area contributed by atoms with Crippen LogP contribution in [0.3, 0.4) is 0 Å². The minimum atomic E-state index is -4.19. The zero-order valence-electron chi connectivity index (χ0n) is 10.5. The van der Waals surface area contributed by atoms with E-state index in [1.807, 2.05) is 6.92 Å². The minimum Gasteiger partial charge on any atom is -0.359 e. The number of alkyl halides is 3. The highest BCUT2D eigenvalue weighted by Crippen LogP contribution is 2.38. The average molecular weight is 337 g/mol. The summed E-state index contributed by atoms with van der Waals surface area (Å²) in [6, 6.07) is 5.16. The van der Waals surface area contributed by atoms with E-state index >= 15 is 0 Å². The van der Waals surface area contributed by atoms with Gasteiger partial charge in [-0.2, -0.15) is 13.2 Å². The molecule has 0 aromatic heterocycles. The number of hydrogen-bond donors (Lipinski definition) is 1. The number of rotatable bonds is 4. The van der Waals surface area contributed by atoms with Gasteiger partial charge >= 0.3 is 6.18 Å². The van der Waals surface area contributed by atoms with Gasteiger partial charge in [-0.1, -0.05) is 6.07 Å². The lowest BCUT2D eigenvalue weighted by Gasteiger charge is -2.27. The maximum absolute atomic E-state index is 12.6. The van der Waals surface area contributed by atoms with E-state index in [1.54, 1.807) is 18.2 Å². The van der Waals surface area contributed by atoms with Crippen molar-refractivity contribution in [1.29, 1.82) is 0 Å². The summed E-state index contributed by atoms with van der Waals surface area (Å²) in [6.07, 6.45) is -2.56. The fraction of sp³-hybridized carbons (Fsp3) is 0.538. The molecule has 0 bridgehead atoms. The summed E-state index contributed by atoms with van der Waals surface area (Å²) in [5, 5.41) is 0. The van der Waals surface area contributed by atoms with Crippen LogP contribution < -0.4 is 10.6 Å². The van der Waals surface area contributed by atoms with E-state index in [2.05, 4.69) is 15.9 Å². The third-order valence-corrected chi connectivity index (χ3v) is 3.78. The Labute approximate surface area is 118 Å². The molecule has 1 aromatic rings. The Morgan fingerprint density at radius 2 is 2.05 bits per heavy atom. The van der Waals surface area contributed by atoms with Gasteiger partial charge in [-0.05, 0) is 53.4 Å². The molecule has 0 radical (unpaired) electrons. The fourth-order valence-electron chi connectivity index (χ4n) is 2.03. The number of nitrogens with two attached hydrogens (primary N) is 1. The zero-order valence-corrected chi connectivity index (χ0v) is 12.1. The molecule has 1 unspecified atom stereocenters. The highest BCUT2D eigenvalue weighted by atomic mass is 79.9. The lowest BCUT2D eigenvalue weighted by Crippen LogP contribution is -2.36. The molecule has 19 heavy (non-hydrogen) atoms. The molecule has 2 rings (SSSR count). The van der Waals surface area contributed by atoms with Crippen LogP contribution in [0.4, 0.5) is 18.9 Å². The molecule has 0 heterocycles. The van der Waals surface area contributed by atoms with Gasteiger partial charge < -0.3 is 10.6 Å². The second-order valence-electron chi connectivity index (χ2n) is 4.97. The van der Waals surface area contributed by atoms with Crippen molar-refractivity contribution >= 4 is 21.6 Å². The topological polar surface area (TPSA) is 29.3 Å². The molecule has 0 aliphatic heterocycles. The van der Waals surface area contributed by atoms with Crippen LogP contribution in [-0.2, 0) is 0 Å². The number of benzene rings is 1. The van der Waals surface area contributed by atoms with Gasteiger partial charge in [0.05, 0.1) is 5.69 Å². The van der Waals surface area contributed by atoms with Crippen LogP contribution in [0.5, 0.6) is 0 Å². The SMILES string of the molecule is CC(N)c1ccc(N(CC(F)(F)F)C2CC2)c(Br)c1. The Morgan fingerprint density at radius 3 is 2.47 bits per heavy atom. The predicted molar refractivity (Wildman–Crippen MR) is 73.2 cm³/mol. The molecule has 2 N–H and O–H groups in total. The summed E-state index contributed by atoms with van der Waals surface area (Å²) < 4.78 is 38.6. The normalized spacial score (nSPS) is 17.4. The fourth-order valence-corrected chi connectivity index (χ4v) is 2.65. The third kappa shape index (κ3) is 3.86. The predicted octanol–water partition coefficient (Wildman–Crippen LogP) is 4.00. The van der Waals surface area contributed by atoms with Crippen molar-refractivity contribution in [3.05, 3.63) is 28.2 Å². The van der Waals surface area contributed by atoms with Crippen molar-refractivity contribution in [2.75, 3.05) is 11.4 Å². The van der Waals surface area contributed by atoms with E-state index in [-0.39, 0.29) is 12.1 Å². The zero-order chi connectivity index (χ0) is 14.2. The van der Waals surface area contributed by atoms with Crippen LogP contribution >= 0.6 is 15.9 Å². The Bertz CT molecular complexity index is 456. The van der Waals surface area contributed by atoms with Crippen LogP contribution in [-0.4, -0.2) is 18.8 Å². The third-order valence-electron chi connectivity index (χ3n) is 3.14. The second kappa shape index (κ2) is 5.32. The first-order chi connectivity index (χ1) is 8.78. The monoisotopic (exact) mass is 336 g/mol. The van der Waals surface area contributed by atoms with Crippen LogP contribution in [0.2, 0.25) is 0 Å². The summed E-state index contributed by atoms with van der Waals surface area (Å²) >= 11 is 3.36. The molecule has 1 fully saturated rings. The van der Waals surface area contributed by atoms with E-state index in [9.17, 15) is 13.2 Å². The van der Waals surface area contributed by atoms with Crippen molar-refractivity contribution in [3.63, 3.8) is 0 Å². The standard InChI is InChI=1S/C13H16BrF3N2/c1-8(18)9-2-5-12(11(14)6-9)19(10-3-4-10)7-13(15,16)17/h2,5-6,8,10H,3-4,7,18H2,1H3. The van der Waals surface area contributed by atoms with E-state index in [0.29, 0.717) is 10.2 Å². The van der Waals surface area contributed by atoms with E-state index in [4.69, 9.17) is 5.73 Å². The molecule has 1 aliphatic rings. The van der Waals surface area contributed by atoms with Crippen LogP contribution in [0.1, 0.15) is 31.4 Å². The Hall–Kier alpha value is -0.750. The summed E-state index contributed by atoms with van der Waals surface area (Å²) in [5.74, 6) is 0. The van der Waals surface area contributed by atoms with Crippen molar-refractivity contribution in [2.24, 2.45) is 5.73 Å². The summed E-state index contributed by atoms with van der Waals surface area (Å²) in [4.78, 5) is 1.43. The van der Waals surface area contributed by atoms with Gasteiger partial charge in [0.25, 0.3) is 0 Å². The molecule has 0 amide bonds. The molecule has 1 saturated carbocycles. The first-order valence-corrected chi connectivity index (χ1v) is 6.95. The summed E-state index contributed by atoms with van der Waals surface area (Å²) in [7, 11) is 0. The van der Waals surface area contributed by atoms with Gasteiger partial charge in [-0.25, -0.2) is 0 Å². The van der Waals surface area contributed by atoms with Gasteiger partial charge in [0, 0.05) is 16.6 Å². The summed E-state index contributed by atoms with van der Waals surface area (Å²) in [5.41, 5.74) is 7.26. The Balaban J connectivity index is 2.27. The van der Waals surface area contributed by atoms with E-state index in [1.165, 1.54) is 4.90 Å². The second-order valence-corrected chi connectivity index (χ2v) is 5.83. The first kappa shape index (κ1) is 14.7. The van der Waals surface area contributed by atoms with Crippen LogP contribution in [0.15, 0.2) is 22.7 Å². The van der Waals surface area contributed by atoms with E-state index in [0.717, 1.165) is 18.4 Å². The van der Waals surface area contributed by atoms with Crippen molar-refractivity contribution < 1.29 is 13.2 Å². The molecule has 2 nitrogen and oxygen atoms in total. The van der Waals surface area contributed by atoms with Gasteiger partial charge in [0.1, 0.15) is 6.54 Å². The van der Waals surface area contributed by atoms with Crippen molar-refractivity contribution in [3.8, 4) is 0 Å². The van der Waals surface area contributed by atoms with Crippen LogP contribution in [0, 0.1) is 0 Å². The Morgan fingerprint density at radius 1 is 1.42 bits per heavy atom. The highest BCUT2D eigenvalue weighted by Gasteiger charge is 2.38. The lowest BCUT2D eigenvalue weighted by molar-refractivity contribution is -0.120.